The second kappa shape index (κ2) is 12.4. The van der Waals surface area contributed by atoms with Gasteiger partial charge in [-0.1, -0.05) is 36.4 Å². The van der Waals surface area contributed by atoms with Crippen molar-refractivity contribution in [2.24, 2.45) is 0 Å². The second-order valence-electron chi connectivity index (χ2n) is 8.42. The number of hydrogen-bond acceptors (Lipinski definition) is 7. The maximum Gasteiger partial charge on any atom is 0.255 e. The lowest BCUT2D eigenvalue weighted by atomic mass is 10.0. The Hall–Kier alpha value is -3.27. The van der Waals surface area contributed by atoms with E-state index in [4.69, 9.17) is 14.2 Å². The molecule has 1 unspecified atom stereocenters. The number of fused-ring (bicyclic) bond motifs is 1. The highest BCUT2D eigenvalue weighted by molar-refractivity contribution is 6.06. The number of amides is 3. The molecule has 9 nitrogen and oxygen atoms in total. The van der Waals surface area contributed by atoms with Crippen LogP contribution in [0.1, 0.15) is 34.3 Å². The van der Waals surface area contributed by atoms with Gasteiger partial charge in [0, 0.05) is 36.3 Å². The molecule has 2 heterocycles. The molecule has 4 rings (SSSR count). The van der Waals surface area contributed by atoms with E-state index in [1.54, 1.807) is 11.0 Å². The van der Waals surface area contributed by atoms with Crippen molar-refractivity contribution in [3.8, 4) is 0 Å². The predicted octanol–water partition coefficient (Wildman–Crippen LogP) is 2.11. The zero-order chi connectivity index (χ0) is 24.5. The number of nitrogens with one attached hydrogen (secondary N) is 2. The molecular weight excluding hydrogens is 450 g/mol. The van der Waals surface area contributed by atoms with Gasteiger partial charge in [0.05, 0.1) is 39.6 Å². The van der Waals surface area contributed by atoms with Crippen LogP contribution in [0.25, 0.3) is 0 Å². The fraction of sp³-hybridized carbons (Fsp3) is 0.423. The molecule has 3 amide bonds. The fourth-order valence-corrected chi connectivity index (χ4v) is 4.21. The van der Waals surface area contributed by atoms with Gasteiger partial charge in [-0.3, -0.25) is 19.7 Å². The summed E-state index contributed by atoms with van der Waals surface area (Å²) >= 11 is 0. The summed E-state index contributed by atoms with van der Waals surface area (Å²) in [6.45, 7) is 4.00. The Kier molecular flexibility index (Phi) is 8.83. The molecule has 9 heteroatoms. The molecule has 2 N–H and O–H groups in total. The summed E-state index contributed by atoms with van der Waals surface area (Å²) in [6.07, 6.45) is 0.589. The van der Waals surface area contributed by atoms with Crippen molar-refractivity contribution >= 4 is 23.4 Å². The molecule has 0 radical (unpaired) electrons. The molecule has 35 heavy (non-hydrogen) atoms. The molecular formula is C26H31N3O6. The van der Waals surface area contributed by atoms with Crippen LogP contribution in [0, 0.1) is 0 Å². The Morgan fingerprint density at radius 1 is 0.886 bits per heavy atom. The summed E-state index contributed by atoms with van der Waals surface area (Å²) in [7, 11) is 0. The molecule has 0 spiro atoms. The van der Waals surface area contributed by atoms with Crippen LogP contribution < -0.4 is 10.6 Å². The van der Waals surface area contributed by atoms with Crippen LogP contribution in [0.15, 0.2) is 48.5 Å². The largest absolute Gasteiger partial charge is 0.382 e. The standard InChI is InChI=1S/C26H31N3O6/c30-24-10-9-23(25(31)28-24)29-17-21-20(26(29)32)7-4-8-22(21)27-11-12-33-13-14-34-15-16-35-18-19-5-2-1-3-6-19/h1-8,23,27H,9-18H2,(H,28,30,31). The highest BCUT2D eigenvalue weighted by Gasteiger charge is 2.39. The fourth-order valence-electron chi connectivity index (χ4n) is 4.21. The topological polar surface area (TPSA) is 106 Å². The summed E-state index contributed by atoms with van der Waals surface area (Å²) in [5, 5.41) is 5.65. The lowest BCUT2D eigenvalue weighted by Gasteiger charge is -2.29. The minimum Gasteiger partial charge on any atom is -0.382 e. The minimum atomic E-state index is -0.618. The first-order chi connectivity index (χ1) is 17.1. The van der Waals surface area contributed by atoms with Crippen LogP contribution in [0.4, 0.5) is 5.69 Å². The van der Waals surface area contributed by atoms with Crippen molar-refractivity contribution in [1.82, 2.24) is 10.2 Å². The number of benzene rings is 2. The molecule has 1 fully saturated rings. The highest BCUT2D eigenvalue weighted by Crippen LogP contribution is 2.32. The molecule has 0 aromatic heterocycles. The van der Waals surface area contributed by atoms with Gasteiger partial charge < -0.3 is 24.4 Å². The zero-order valence-electron chi connectivity index (χ0n) is 19.7. The first-order valence-corrected chi connectivity index (χ1v) is 11.9. The van der Waals surface area contributed by atoms with E-state index in [0.29, 0.717) is 64.7 Å². The van der Waals surface area contributed by atoms with E-state index in [-0.39, 0.29) is 18.2 Å². The number of nitrogens with zero attached hydrogens (tertiary/aromatic N) is 1. The Balaban J connectivity index is 1.11. The first-order valence-electron chi connectivity index (χ1n) is 11.9. The van der Waals surface area contributed by atoms with Crippen LogP contribution in [0.3, 0.4) is 0 Å². The summed E-state index contributed by atoms with van der Waals surface area (Å²) < 4.78 is 16.7. The third kappa shape index (κ3) is 6.66. The number of rotatable bonds is 13. The molecule has 0 saturated carbocycles. The average Bonchev–Trinajstić information content (AvgIpc) is 3.20. The van der Waals surface area contributed by atoms with Gasteiger partial charge in [-0.25, -0.2) is 0 Å². The van der Waals surface area contributed by atoms with E-state index in [2.05, 4.69) is 10.6 Å². The van der Waals surface area contributed by atoms with Gasteiger partial charge in [0.1, 0.15) is 6.04 Å². The summed E-state index contributed by atoms with van der Waals surface area (Å²) in [4.78, 5) is 38.1. The maximum absolute atomic E-state index is 12.9. The molecule has 0 aliphatic carbocycles. The van der Waals surface area contributed by atoms with Gasteiger partial charge in [0.2, 0.25) is 11.8 Å². The van der Waals surface area contributed by atoms with E-state index in [1.165, 1.54) is 0 Å². The highest BCUT2D eigenvalue weighted by atomic mass is 16.5. The number of hydrogen-bond donors (Lipinski definition) is 2. The Morgan fingerprint density at radius 2 is 1.63 bits per heavy atom. The molecule has 2 aliphatic heterocycles. The van der Waals surface area contributed by atoms with E-state index in [1.807, 2.05) is 42.5 Å². The third-order valence-corrected chi connectivity index (χ3v) is 6.00. The molecule has 2 aliphatic rings. The van der Waals surface area contributed by atoms with E-state index in [9.17, 15) is 14.4 Å². The quantitative estimate of drug-likeness (QED) is 0.333. The van der Waals surface area contributed by atoms with Gasteiger partial charge in [-0.05, 0) is 24.1 Å². The molecule has 0 bridgehead atoms. The lowest BCUT2D eigenvalue weighted by molar-refractivity contribution is -0.136. The van der Waals surface area contributed by atoms with E-state index >= 15 is 0 Å². The third-order valence-electron chi connectivity index (χ3n) is 6.00. The van der Waals surface area contributed by atoms with Crippen molar-refractivity contribution < 1.29 is 28.6 Å². The Bertz CT molecular complexity index is 1030. The Morgan fingerprint density at radius 3 is 2.40 bits per heavy atom. The van der Waals surface area contributed by atoms with Crippen molar-refractivity contribution in [3.63, 3.8) is 0 Å². The number of carbonyl (C=O) groups excluding carboxylic acids is 3. The molecule has 2 aromatic rings. The summed E-state index contributed by atoms with van der Waals surface area (Å²) in [6, 6.07) is 14.9. The minimum absolute atomic E-state index is 0.181. The van der Waals surface area contributed by atoms with Crippen LogP contribution in [0.5, 0.6) is 0 Å². The smallest absolute Gasteiger partial charge is 0.255 e. The van der Waals surface area contributed by atoms with Crippen LogP contribution in [0.2, 0.25) is 0 Å². The van der Waals surface area contributed by atoms with Crippen molar-refractivity contribution in [3.05, 3.63) is 65.2 Å². The Labute approximate surface area is 204 Å². The second-order valence-corrected chi connectivity index (χ2v) is 8.42. The molecule has 2 aromatic carbocycles. The number of anilines is 1. The SMILES string of the molecule is O=C1CCC(N2Cc3c(NCCOCCOCCOCc4ccccc4)cccc3C2=O)C(=O)N1. The van der Waals surface area contributed by atoms with Gasteiger partial charge >= 0.3 is 0 Å². The van der Waals surface area contributed by atoms with Crippen LogP contribution in [-0.2, 0) is 37.0 Å². The average molecular weight is 482 g/mol. The van der Waals surface area contributed by atoms with Gasteiger partial charge in [-0.15, -0.1) is 0 Å². The first kappa shape index (κ1) is 24.8. The monoisotopic (exact) mass is 481 g/mol. The van der Waals surface area contributed by atoms with Gasteiger partial charge in [0.15, 0.2) is 0 Å². The normalized spacial score (nSPS) is 17.4. The van der Waals surface area contributed by atoms with Crippen LogP contribution in [-0.4, -0.2) is 68.2 Å². The van der Waals surface area contributed by atoms with Crippen molar-refractivity contribution in [2.45, 2.75) is 32.0 Å². The summed E-state index contributed by atoms with van der Waals surface area (Å²) in [5.41, 5.74) is 3.44. The number of ether oxygens (including phenoxy) is 3. The lowest BCUT2D eigenvalue weighted by Crippen LogP contribution is -2.52. The summed E-state index contributed by atoms with van der Waals surface area (Å²) in [5.74, 6) is -0.880. The zero-order valence-corrected chi connectivity index (χ0v) is 19.7. The number of imide groups is 1. The maximum atomic E-state index is 12.9. The van der Waals surface area contributed by atoms with Gasteiger partial charge in [-0.2, -0.15) is 0 Å². The van der Waals surface area contributed by atoms with E-state index < -0.39 is 11.9 Å². The molecule has 1 saturated heterocycles. The van der Waals surface area contributed by atoms with Crippen molar-refractivity contribution in [1.29, 1.82) is 0 Å². The van der Waals surface area contributed by atoms with Crippen molar-refractivity contribution in [2.75, 3.05) is 44.9 Å². The number of carbonyl (C=O) groups is 3. The van der Waals surface area contributed by atoms with Gasteiger partial charge in [0.25, 0.3) is 5.91 Å². The molecule has 1 atom stereocenters. The van der Waals surface area contributed by atoms with E-state index in [0.717, 1.165) is 16.8 Å². The predicted molar refractivity (Wildman–Crippen MR) is 129 cm³/mol. The molecule has 186 valence electrons. The van der Waals surface area contributed by atoms with Crippen LogP contribution >= 0.6 is 0 Å². The number of piperidine rings is 1.